The van der Waals surface area contributed by atoms with Crippen molar-refractivity contribution in [3.05, 3.63) is 64.2 Å². The lowest BCUT2D eigenvalue weighted by Crippen LogP contribution is -2.10. The first kappa shape index (κ1) is 14.7. The predicted molar refractivity (Wildman–Crippen MR) is 78.0 cm³/mol. The van der Waals surface area contributed by atoms with Crippen LogP contribution in [0.25, 0.3) is 0 Å². The third-order valence-electron chi connectivity index (χ3n) is 2.64. The van der Waals surface area contributed by atoms with Crippen LogP contribution < -0.4 is 10.5 Å². The third kappa shape index (κ3) is 3.23. The van der Waals surface area contributed by atoms with Gasteiger partial charge in [-0.1, -0.05) is 42.0 Å². The van der Waals surface area contributed by atoms with E-state index in [2.05, 4.69) is 0 Å². The molecule has 0 aliphatic rings. The van der Waals surface area contributed by atoms with E-state index in [0.29, 0.717) is 5.56 Å². The summed E-state index contributed by atoms with van der Waals surface area (Å²) >= 11 is 10.4. The summed E-state index contributed by atoms with van der Waals surface area (Å²) in [5, 5.41) is -0.0493. The zero-order valence-corrected chi connectivity index (χ0v) is 11.8. The molecule has 2 rings (SSSR count). The van der Waals surface area contributed by atoms with Crippen molar-refractivity contribution >= 4 is 28.8 Å². The van der Waals surface area contributed by atoms with Gasteiger partial charge < -0.3 is 10.5 Å². The van der Waals surface area contributed by atoms with Crippen molar-refractivity contribution in [2.24, 2.45) is 5.73 Å². The highest BCUT2D eigenvalue weighted by atomic mass is 35.5. The SMILES string of the molecule is NC(=S)c1ccc(COc2cccc(Cl)c2F)c(F)c1. The van der Waals surface area contributed by atoms with Crippen molar-refractivity contribution < 1.29 is 13.5 Å². The molecule has 2 nitrogen and oxygen atoms in total. The Balaban J connectivity index is 2.15. The van der Waals surface area contributed by atoms with Crippen molar-refractivity contribution in [1.29, 1.82) is 0 Å². The number of benzene rings is 2. The van der Waals surface area contributed by atoms with Gasteiger partial charge in [-0.15, -0.1) is 0 Å². The topological polar surface area (TPSA) is 35.2 Å². The molecule has 0 heterocycles. The molecular formula is C14H10ClF2NOS. The van der Waals surface area contributed by atoms with E-state index in [0.717, 1.165) is 0 Å². The van der Waals surface area contributed by atoms with Gasteiger partial charge in [-0.2, -0.15) is 0 Å². The molecule has 0 amide bonds. The lowest BCUT2D eigenvalue weighted by molar-refractivity contribution is 0.285. The predicted octanol–water partition coefficient (Wildman–Crippen LogP) is 3.83. The summed E-state index contributed by atoms with van der Waals surface area (Å²) in [5.74, 6) is -1.22. The molecule has 0 aromatic heterocycles. The minimum Gasteiger partial charge on any atom is -0.486 e. The van der Waals surface area contributed by atoms with Crippen LogP contribution in [0.15, 0.2) is 36.4 Å². The molecule has 0 atom stereocenters. The summed E-state index contributed by atoms with van der Waals surface area (Å²) in [6, 6.07) is 8.66. The number of nitrogens with two attached hydrogens (primary N) is 1. The van der Waals surface area contributed by atoms with Crippen LogP contribution >= 0.6 is 23.8 Å². The van der Waals surface area contributed by atoms with Crippen molar-refractivity contribution in [3.8, 4) is 5.75 Å². The molecule has 0 fully saturated rings. The lowest BCUT2D eigenvalue weighted by atomic mass is 10.1. The quantitative estimate of drug-likeness (QED) is 0.871. The second-order valence-corrected chi connectivity index (χ2v) is 4.86. The first-order valence-corrected chi connectivity index (χ1v) is 6.42. The van der Waals surface area contributed by atoms with E-state index in [1.165, 1.54) is 24.3 Å². The van der Waals surface area contributed by atoms with E-state index >= 15 is 0 Å². The molecule has 0 aliphatic heterocycles. The molecule has 0 bridgehead atoms. The Kier molecular flexibility index (Phi) is 4.52. The van der Waals surface area contributed by atoms with Crippen LogP contribution in [0.5, 0.6) is 5.75 Å². The summed E-state index contributed by atoms with van der Waals surface area (Å²) in [5.41, 5.74) is 6.10. The largest absolute Gasteiger partial charge is 0.486 e. The molecule has 104 valence electrons. The van der Waals surface area contributed by atoms with E-state index in [9.17, 15) is 8.78 Å². The first-order valence-electron chi connectivity index (χ1n) is 5.64. The number of halogens is 3. The number of hydrogen-bond acceptors (Lipinski definition) is 2. The van der Waals surface area contributed by atoms with Gasteiger partial charge in [0, 0.05) is 11.1 Å². The van der Waals surface area contributed by atoms with E-state index < -0.39 is 11.6 Å². The van der Waals surface area contributed by atoms with Gasteiger partial charge in [0.2, 0.25) is 0 Å². The molecule has 6 heteroatoms. The van der Waals surface area contributed by atoms with Crippen LogP contribution in [0.3, 0.4) is 0 Å². The van der Waals surface area contributed by atoms with Gasteiger partial charge in [-0.25, -0.2) is 8.78 Å². The summed E-state index contributed by atoms with van der Waals surface area (Å²) in [4.78, 5) is 0.109. The molecule has 0 spiro atoms. The van der Waals surface area contributed by atoms with Gasteiger partial charge in [-0.05, 0) is 18.2 Å². The minimum absolute atomic E-state index is 0.0321. The average Bonchev–Trinajstić information content (AvgIpc) is 2.41. The Morgan fingerprint density at radius 2 is 2.00 bits per heavy atom. The average molecular weight is 314 g/mol. The van der Waals surface area contributed by atoms with Gasteiger partial charge >= 0.3 is 0 Å². The minimum atomic E-state index is -0.672. The van der Waals surface area contributed by atoms with Gasteiger partial charge in [0.1, 0.15) is 17.4 Å². The third-order valence-corrected chi connectivity index (χ3v) is 3.16. The fraction of sp³-hybridized carbons (Fsp3) is 0.0714. The molecule has 2 N–H and O–H groups in total. The summed E-state index contributed by atoms with van der Waals surface area (Å²) in [6.45, 7) is -0.124. The molecule has 0 saturated heterocycles. The number of ether oxygens (including phenoxy) is 1. The van der Waals surface area contributed by atoms with Crippen LogP contribution in [-0.4, -0.2) is 4.99 Å². The Morgan fingerprint density at radius 1 is 1.25 bits per heavy atom. The maximum atomic E-state index is 13.8. The van der Waals surface area contributed by atoms with Crippen molar-refractivity contribution in [3.63, 3.8) is 0 Å². The smallest absolute Gasteiger partial charge is 0.183 e. The number of rotatable bonds is 4. The van der Waals surface area contributed by atoms with Crippen LogP contribution in [0.2, 0.25) is 5.02 Å². The molecule has 2 aromatic carbocycles. The Morgan fingerprint density at radius 3 is 2.65 bits per heavy atom. The zero-order valence-electron chi connectivity index (χ0n) is 10.2. The van der Waals surface area contributed by atoms with Crippen LogP contribution in [0, 0.1) is 11.6 Å². The maximum absolute atomic E-state index is 13.8. The number of hydrogen-bond donors (Lipinski definition) is 1. The van der Waals surface area contributed by atoms with Crippen molar-refractivity contribution in [2.45, 2.75) is 6.61 Å². The van der Waals surface area contributed by atoms with E-state index in [4.69, 9.17) is 34.3 Å². The monoisotopic (exact) mass is 313 g/mol. The standard InChI is InChI=1S/C14H10ClF2NOS/c15-10-2-1-3-12(13(10)17)19-7-9-5-4-8(14(18)20)6-11(9)16/h1-6H,7H2,(H2,18,20). The van der Waals surface area contributed by atoms with Gasteiger partial charge in [0.05, 0.1) is 5.02 Å². The molecule has 0 saturated carbocycles. The van der Waals surface area contributed by atoms with Crippen LogP contribution in [-0.2, 0) is 6.61 Å². The Hall–Kier alpha value is -1.72. The van der Waals surface area contributed by atoms with E-state index in [1.807, 2.05) is 0 Å². The van der Waals surface area contributed by atoms with Crippen molar-refractivity contribution in [1.82, 2.24) is 0 Å². The molecule has 0 radical (unpaired) electrons. The summed E-state index contributed by atoms with van der Waals surface area (Å²) in [7, 11) is 0. The normalized spacial score (nSPS) is 10.3. The van der Waals surface area contributed by atoms with E-state index in [1.54, 1.807) is 12.1 Å². The van der Waals surface area contributed by atoms with Crippen LogP contribution in [0.1, 0.15) is 11.1 Å². The fourth-order valence-electron chi connectivity index (χ4n) is 1.57. The lowest BCUT2D eigenvalue weighted by Gasteiger charge is -2.09. The molecule has 0 aliphatic carbocycles. The molecule has 0 unspecified atom stereocenters. The molecule has 2 aromatic rings. The molecular weight excluding hydrogens is 304 g/mol. The summed E-state index contributed by atoms with van der Waals surface area (Å²) < 4.78 is 32.6. The molecule has 20 heavy (non-hydrogen) atoms. The maximum Gasteiger partial charge on any atom is 0.183 e. The van der Waals surface area contributed by atoms with E-state index in [-0.39, 0.29) is 27.9 Å². The number of thiocarbonyl (C=S) groups is 1. The zero-order chi connectivity index (χ0) is 14.7. The van der Waals surface area contributed by atoms with Gasteiger partial charge in [0.15, 0.2) is 11.6 Å². The highest BCUT2D eigenvalue weighted by molar-refractivity contribution is 7.80. The van der Waals surface area contributed by atoms with Gasteiger partial charge in [0.25, 0.3) is 0 Å². The Labute approximate surface area is 125 Å². The first-order chi connectivity index (χ1) is 9.49. The van der Waals surface area contributed by atoms with Gasteiger partial charge in [-0.3, -0.25) is 0 Å². The van der Waals surface area contributed by atoms with Crippen LogP contribution in [0.4, 0.5) is 8.78 Å². The Bertz CT molecular complexity index is 664. The van der Waals surface area contributed by atoms with Crippen molar-refractivity contribution in [2.75, 3.05) is 0 Å². The fourth-order valence-corrected chi connectivity index (χ4v) is 1.86. The summed E-state index contributed by atoms with van der Waals surface area (Å²) in [6.07, 6.45) is 0. The highest BCUT2D eigenvalue weighted by Crippen LogP contribution is 2.25. The highest BCUT2D eigenvalue weighted by Gasteiger charge is 2.10. The second-order valence-electron chi connectivity index (χ2n) is 4.01. The second kappa shape index (κ2) is 6.15.